The molecular weight excluding hydrogens is 436 g/mol. The smallest absolute Gasteiger partial charge is 0.134 e. The van der Waals surface area contributed by atoms with Gasteiger partial charge in [-0.1, -0.05) is 17.7 Å². The van der Waals surface area contributed by atoms with E-state index < -0.39 is 10.8 Å². The number of halogens is 1. The van der Waals surface area contributed by atoms with E-state index in [2.05, 4.69) is 30.1 Å². The number of hydrogen-bond acceptors (Lipinski definition) is 5. The highest BCUT2D eigenvalue weighted by atomic mass is 35.5. The number of nitrogens with one attached hydrogen (secondary N) is 1. The third kappa shape index (κ3) is 4.02. The van der Waals surface area contributed by atoms with Crippen LogP contribution in [0.25, 0.3) is 0 Å². The van der Waals surface area contributed by atoms with Crippen molar-refractivity contribution in [2.45, 2.75) is 36.6 Å². The number of anilines is 2. The van der Waals surface area contributed by atoms with Gasteiger partial charge in [0.25, 0.3) is 0 Å². The molecule has 1 aliphatic rings. The number of fused-ring (bicyclic) bond motifs is 2. The number of aryl methyl sites for hydroxylation is 1. The van der Waals surface area contributed by atoms with Crippen LogP contribution in [-0.4, -0.2) is 24.4 Å². The van der Waals surface area contributed by atoms with Crippen LogP contribution in [0.4, 0.5) is 11.4 Å². The summed E-state index contributed by atoms with van der Waals surface area (Å²) in [5.41, 5.74) is 4.37. The first-order valence-corrected chi connectivity index (χ1v) is 12.3. The molecule has 0 saturated carbocycles. The topological polar surface area (TPSA) is 41.6 Å². The van der Waals surface area contributed by atoms with Gasteiger partial charge < -0.3 is 15.0 Å². The lowest BCUT2D eigenvalue weighted by Gasteiger charge is -2.34. The molecule has 0 amide bonds. The Morgan fingerprint density at radius 1 is 1.17 bits per heavy atom. The van der Waals surface area contributed by atoms with Gasteiger partial charge in [-0.3, -0.25) is 0 Å². The third-order valence-corrected chi connectivity index (χ3v) is 8.10. The highest BCUT2D eigenvalue weighted by Crippen LogP contribution is 2.45. The summed E-state index contributed by atoms with van der Waals surface area (Å²) in [6, 6.07) is 11.7. The molecule has 2 heterocycles. The lowest BCUT2D eigenvalue weighted by atomic mass is 10.1. The average Bonchev–Trinajstić information content (AvgIpc) is 3.19. The second-order valence-corrected chi connectivity index (χ2v) is 10.2. The van der Waals surface area contributed by atoms with Gasteiger partial charge in [0, 0.05) is 18.1 Å². The molecule has 4 nitrogen and oxygen atoms in total. The second kappa shape index (κ2) is 9.10. The van der Waals surface area contributed by atoms with E-state index in [0.717, 1.165) is 53.0 Å². The first kappa shape index (κ1) is 21.4. The van der Waals surface area contributed by atoms with Crippen LogP contribution < -0.4 is 15.0 Å². The minimum atomic E-state index is -1.20. The second-order valence-electron chi connectivity index (χ2n) is 7.33. The monoisotopic (exact) mass is 460 g/mol. The molecule has 0 aliphatic carbocycles. The maximum absolute atomic E-state index is 13.2. The van der Waals surface area contributed by atoms with Crippen LogP contribution in [-0.2, 0) is 17.3 Å². The van der Waals surface area contributed by atoms with E-state index in [1.54, 1.807) is 18.4 Å². The molecule has 1 N–H and O–H groups in total. The van der Waals surface area contributed by atoms with Crippen molar-refractivity contribution in [1.82, 2.24) is 5.32 Å². The summed E-state index contributed by atoms with van der Waals surface area (Å²) in [7, 11) is 0.505. The van der Waals surface area contributed by atoms with Gasteiger partial charge in [-0.25, -0.2) is 4.21 Å². The van der Waals surface area contributed by atoms with Crippen LogP contribution in [0.15, 0.2) is 51.6 Å². The molecule has 2 aromatic carbocycles. The summed E-state index contributed by atoms with van der Waals surface area (Å²) in [5.74, 6) is 0.939. The molecule has 30 heavy (non-hydrogen) atoms. The molecule has 3 aromatic rings. The number of methoxy groups -OCH3 is 1. The molecule has 158 valence electrons. The van der Waals surface area contributed by atoms with Crippen LogP contribution >= 0.6 is 22.9 Å². The Hall–Kier alpha value is -1.86. The van der Waals surface area contributed by atoms with Crippen LogP contribution in [0.3, 0.4) is 0 Å². The van der Waals surface area contributed by atoms with Gasteiger partial charge in [0.15, 0.2) is 0 Å². The first-order chi connectivity index (χ1) is 14.5. The molecule has 4 rings (SSSR count). The van der Waals surface area contributed by atoms with Gasteiger partial charge in [0.1, 0.15) is 5.75 Å². The fraction of sp³-hybridized carbons (Fsp3) is 0.304. The van der Waals surface area contributed by atoms with Crippen molar-refractivity contribution in [3.8, 4) is 5.75 Å². The van der Waals surface area contributed by atoms with E-state index in [9.17, 15) is 4.21 Å². The summed E-state index contributed by atoms with van der Waals surface area (Å²) in [6.07, 6.45) is 0.944. The molecule has 7 heteroatoms. The first-order valence-electron chi connectivity index (χ1n) is 9.91. The highest BCUT2D eigenvalue weighted by molar-refractivity contribution is 7.85. The van der Waals surface area contributed by atoms with Gasteiger partial charge in [-0.2, -0.15) is 0 Å². The Bertz CT molecular complexity index is 1100. The zero-order valence-corrected chi connectivity index (χ0v) is 19.7. The number of nitrogens with zero attached hydrogens (tertiary/aromatic N) is 1. The van der Waals surface area contributed by atoms with Gasteiger partial charge in [0.2, 0.25) is 0 Å². The van der Waals surface area contributed by atoms with Crippen molar-refractivity contribution in [1.29, 1.82) is 0 Å². The zero-order chi connectivity index (χ0) is 21.3. The SMILES string of the molecule is COc1ccsc1CNCCCN1c2cc(Cl)ccc2S(=O)c2ccc(C)c(C)c21. The summed E-state index contributed by atoms with van der Waals surface area (Å²) in [6.45, 7) is 6.69. The van der Waals surface area contributed by atoms with Crippen molar-refractivity contribution in [2.75, 3.05) is 25.1 Å². The lowest BCUT2D eigenvalue weighted by Crippen LogP contribution is -2.28. The molecule has 1 unspecified atom stereocenters. The number of thiophene rings is 1. The molecule has 1 aliphatic heterocycles. The van der Waals surface area contributed by atoms with E-state index in [-0.39, 0.29) is 0 Å². The van der Waals surface area contributed by atoms with E-state index in [4.69, 9.17) is 16.3 Å². The van der Waals surface area contributed by atoms with Crippen molar-refractivity contribution < 1.29 is 8.95 Å². The van der Waals surface area contributed by atoms with Crippen molar-refractivity contribution in [3.05, 3.63) is 62.8 Å². The number of ether oxygens (including phenoxy) is 1. The third-order valence-electron chi connectivity index (χ3n) is 5.49. The standard InChI is InChI=1S/C23H25ClN2O2S2/c1-15-5-7-22-23(16(15)2)26(18-13-17(24)6-8-21(18)30(22)27)11-4-10-25-14-20-19(28-3)9-12-29-20/h5-9,12-13,25H,4,10-11,14H2,1-3H3. The summed E-state index contributed by atoms with van der Waals surface area (Å²) in [4.78, 5) is 5.20. The molecule has 0 saturated heterocycles. The lowest BCUT2D eigenvalue weighted by molar-refractivity contribution is 0.410. The number of hydrogen-bond donors (Lipinski definition) is 1. The average molecular weight is 461 g/mol. The van der Waals surface area contributed by atoms with Crippen LogP contribution in [0.2, 0.25) is 5.02 Å². The summed E-state index contributed by atoms with van der Waals surface area (Å²) < 4.78 is 18.6. The van der Waals surface area contributed by atoms with Gasteiger partial charge in [-0.15, -0.1) is 11.3 Å². The van der Waals surface area contributed by atoms with Gasteiger partial charge in [0.05, 0.1) is 44.0 Å². The van der Waals surface area contributed by atoms with Gasteiger partial charge >= 0.3 is 0 Å². The predicted molar refractivity (Wildman–Crippen MR) is 126 cm³/mol. The van der Waals surface area contributed by atoms with Crippen molar-refractivity contribution in [3.63, 3.8) is 0 Å². The Morgan fingerprint density at radius 3 is 2.77 bits per heavy atom. The maximum atomic E-state index is 13.2. The largest absolute Gasteiger partial charge is 0.496 e. The van der Waals surface area contributed by atoms with Crippen molar-refractivity contribution >= 4 is 45.1 Å². The summed E-state index contributed by atoms with van der Waals surface area (Å²) in [5, 5.41) is 6.22. The van der Waals surface area contributed by atoms with E-state index in [0.29, 0.717) is 5.02 Å². The fourth-order valence-electron chi connectivity index (χ4n) is 3.79. The molecule has 1 atom stereocenters. The molecule has 0 bridgehead atoms. The minimum absolute atomic E-state index is 0.660. The molecule has 1 aromatic heterocycles. The van der Waals surface area contributed by atoms with Crippen molar-refractivity contribution in [2.24, 2.45) is 0 Å². The Labute approximate surface area is 189 Å². The summed E-state index contributed by atoms with van der Waals surface area (Å²) >= 11 is 8.01. The Morgan fingerprint density at radius 2 is 1.97 bits per heavy atom. The highest BCUT2D eigenvalue weighted by Gasteiger charge is 2.29. The Balaban J connectivity index is 1.54. The zero-order valence-electron chi connectivity index (χ0n) is 17.3. The molecular formula is C23H25ClN2O2S2. The van der Waals surface area contributed by atoms with E-state index in [1.165, 1.54) is 16.0 Å². The molecule has 0 spiro atoms. The fourth-order valence-corrected chi connectivity index (χ4v) is 6.19. The number of benzene rings is 2. The van der Waals surface area contributed by atoms with Crippen LogP contribution in [0.1, 0.15) is 22.4 Å². The molecule has 0 fully saturated rings. The Kier molecular flexibility index (Phi) is 6.48. The quantitative estimate of drug-likeness (QED) is 0.451. The predicted octanol–water partition coefficient (Wildman–Crippen LogP) is 5.83. The van der Waals surface area contributed by atoms with E-state index >= 15 is 0 Å². The maximum Gasteiger partial charge on any atom is 0.134 e. The number of rotatable bonds is 7. The van der Waals surface area contributed by atoms with Crippen LogP contribution in [0, 0.1) is 13.8 Å². The van der Waals surface area contributed by atoms with E-state index in [1.807, 2.05) is 35.7 Å². The normalized spacial score (nSPS) is 15.1. The van der Waals surface area contributed by atoms with Gasteiger partial charge in [-0.05, 0) is 73.7 Å². The molecule has 0 radical (unpaired) electrons. The van der Waals surface area contributed by atoms with Crippen LogP contribution in [0.5, 0.6) is 5.75 Å². The minimum Gasteiger partial charge on any atom is -0.496 e.